The lowest BCUT2D eigenvalue weighted by Gasteiger charge is -1.96. The minimum Gasteiger partial charge on any atom is -0.391 e. The predicted octanol–water partition coefficient (Wildman–Crippen LogP) is -0.194. The van der Waals surface area contributed by atoms with E-state index in [0.717, 1.165) is 0 Å². The topological polar surface area (TPSA) is 102 Å². The summed E-state index contributed by atoms with van der Waals surface area (Å²) < 4.78 is 4.39. The zero-order valence-electron chi connectivity index (χ0n) is 5.89. The standard InChI is InChI=1S/C6H4N4O2/c7-3-4-9-2-1-5(10-4)12-6(8)11/h1-2H,(H2,8,11). The molecule has 0 fully saturated rings. The molecule has 0 bridgehead atoms. The van der Waals surface area contributed by atoms with Crippen molar-refractivity contribution in [2.24, 2.45) is 5.73 Å². The van der Waals surface area contributed by atoms with Gasteiger partial charge in [0.1, 0.15) is 6.07 Å². The summed E-state index contributed by atoms with van der Waals surface area (Å²) in [7, 11) is 0. The van der Waals surface area contributed by atoms with Crippen LogP contribution < -0.4 is 10.5 Å². The van der Waals surface area contributed by atoms with E-state index in [9.17, 15) is 4.79 Å². The normalized spacial score (nSPS) is 8.58. The number of carbonyl (C=O) groups is 1. The molecule has 0 unspecified atom stereocenters. The maximum absolute atomic E-state index is 10.2. The van der Waals surface area contributed by atoms with E-state index in [4.69, 9.17) is 11.0 Å². The van der Waals surface area contributed by atoms with Crippen LogP contribution in [-0.4, -0.2) is 16.1 Å². The maximum atomic E-state index is 10.2. The highest BCUT2D eigenvalue weighted by Gasteiger charge is 2.01. The van der Waals surface area contributed by atoms with Crippen LogP contribution in [0, 0.1) is 11.3 Å². The fourth-order valence-electron chi connectivity index (χ4n) is 0.556. The van der Waals surface area contributed by atoms with Gasteiger partial charge in [0.05, 0.1) is 0 Å². The lowest BCUT2D eigenvalue weighted by molar-refractivity contribution is 0.209. The van der Waals surface area contributed by atoms with Gasteiger partial charge in [-0.2, -0.15) is 10.2 Å². The van der Waals surface area contributed by atoms with Gasteiger partial charge in [0.2, 0.25) is 11.7 Å². The Morgan fingerprint density at radius 1 is 1.75 bits per heavy atom. The molecule has 0 aliphatic rings. The Morgan fingerprint density at radius 2 is 2.50 bits per heavy atom. The van der Waals surface area contributed by atoms with Crippen molar-refractivity contribution < 1.29 is 9.53 Å². The highest BCUT2D eigenvalue weighted by Crippen LogP contribution is 2.03. The molecule has 0 saturated carbocycles. The first kappa shape index (κ1) is 7.94. The first-order chi connectivity index (χ1) is 5.72. The molecule has 0 aliphatic carbocycles. The molecule has 0 saturated heterocycles. The van der Waals surface area contributed by atoms with Crippen molar-refractivity contribution in [2.45, 2.75) is 0 Å². The molecule has 0 atom stereocenters. The van der Waals surface area contributed by atoms with Crippen molar-refractivity contribution in [2.75, 3.05) is 0 Å². The Bertz CT molecular complexity index is 344. The van der Waals surface area contributed by atoms with Gasteiger partial charge < -0.3 is 10.5 Å². The first-order valence-electron chi connectivity index (χ1n) is 2.93. The van der Waals surface area contributed by atoms with Gasteiger partial charge in [-0.1, -0.05) is 0 Å². The van der Waals surface area contributed by atoms with Crippen LogP contribution in [0.3, 0.4) is 0 Å². The highest BCUT2D eigenvalue weighted by molar-refractivity contribution is 5.67. The van der Waals surface area contributed by atoms with E-state index in [2.05, 4.69) is 14.7 Å². The molecule has 1 rings (SSSR count). The van der Waals surface area contributed by atoms with Gasteiger partial charge in [-0.05, 0) is 0 Å². The largest absolute Gasteiger partial charge is 0.411 e. The number of aromatic nitrogens is 2. The van der Waals surface area contributed by atoms with Crippen LogP contribution in [0.25, 0.3) is 0 Å². The SMILES string of the molecule is N#Cc1nccc(OC(N)=O)n1. The fraction of sp³-hybridized carbons (Fsp3) is 0. The van der Waals surface area contributed by atoms with Crippen LogP contribution in [0.2, 0.25) is 0 Å². The molecule has 0 aromatic carbocycles. The molecule has 60 valence electrons. The quantitative estimate of drug-likeness (QED) is 0.619. The van der Waals surface area contributed by atoms with Gasteiger partial charge in [-0.15, -0.1) is 0 Å². The number of rotatable bonds is 1. The van der Waals surface area contributed by atoms with Gasteiger partial charge in [-0.3, -0.25) is 0 Å². The number of amides is 1. The number of carbonyl (C=O) groups excluding carboxylic acids is 1. The van der Waals surface area contributed by atoms with Crippen molar-refractivity contribution in [1.82, 2.24) is 9.97 Å². The predicted molar refractivity (Wildman–Crippen MR) is 37.0 cm³/mol. The number of hydrogen-bond acceptors (Lipinski definition) is 5. The van der Waals surface area contributed by atoms with Crippen molar-refractivity contribution in [3.05, 3.63) is 18.1 Å². The molecular formula is C6H4N4O2. The molecule has 6 heteroatoms. The molecular weight excluding hydrogens is 160 g/mol. The van der Waals surface area contributed by atoms with Crippen LogP contribution in [0.5, 0.6) is 5.88 Å². The second kappa shape index (κ2) is 3.30. The highest BCUT2D eigenvalue weighted by atomic mass is 16.6. The van der Waals surface area contributed by atoms with Gasteiger partial charge in [-0.25, -0.2) is 9.78 Å². The van der Waals surface area contributed by atoms with Gasteiger partial charge in [0.25, 0.3) is 0 Å². The molecule has 2 N–H and O–H groups in total. The van der Waals surface area contributed by atoms with Crippen LogP contribution in [0.15, 0.2) is 12.3 Å². The summed E-state index contributed by atoms with van der Waals surface area (Å²) in [5.74, 6) is -0.109. The summed E-state index contributed by atoms with van der Waals surface area (Å²) in [6, 6.07) is 3.01. The number of nitrogens with zero attached hydrogens (tertiary/aromatic N) is 3. The minimum atomic E-state index is -0.974. The summed E-state index contributed by atoms with van der Waals surface area (Å²) in [4.78, 5) is 17.3. The Labute approximate surface area is 67.6 Å². The fourth-order valence-corrected chi connectivity index (χ4v) is 0.556. The Hall–Kier alpha value is -2.16. The number of primary amides is 1. The Morgan fingerprint density at radius 3 is 3.08 bits per heavy atom. The van der Waals surface area contributed by atoms with Crippen molar-refractivity contribution in [3.63, 3.8) is 0 Å². The van der Waals surface area contributed by atoms with E-state index in [1.54, 1.807) is 6.07 Å². The van der Waals surface area contributed by atoms with Crippen molar-refractivity contribution in [1.29, 1.82) is 5.26 Å². The number of ether oxygens (including phenoxy) is 1. The Balaban J connectivity index is 2.88. The molecule has 1 aromatic heterocycles. The number of nitriles is 1. The zero-order chi connectivity index (χ0) is 8.97. The average Bonchev–Trinajstić information content (AvgIpc) is 2.03. The number of nitrogens with two attached hydrogens (primary N) is 1. The average molecular weight is 164 g/mol. The monoisotopic (exact) mass is 164 g/mol. The van der Waals surface area contributed by atoms with Gasteiger partial charge in [0.15, 0.2) is 0 Å². The number of hydrogen-bond donors (Lipinski definition) is 1. The van der Waals surface area contributed by atoms with Crippen LogP contribution in [0.1, 0.15) is 5.82 Å². The first-order valence-corrected chi connectivity index (χ1v) is 2.93. The summed E-state index contributed by atoms with van der Waals surface area (Å²) >= 11 is 0. The third kappa shape index (κ3) is 1.91. The zero-order valence-corrected chi connectivity index (χ0v) is 5.89. The van der Waals surface area contributed by atoms with Gasteiger partial charge >= 0.3 is 6.09 Å². The molecule has 0 aliphatic heterocycles. The lowest BCUT2D eigenvalue weighted by Crippen LogP contribution is -2.17. The van der Waals surface area contributed by atoms with Crippen LogP contribution >= 0.6 is 0 Å². The third-order valence-electron chi connectivity index (χ3n) is 0.935. The van der Waals surface area contributed by atoms with E-state index in [0.29, 0.717) is 0 Å². The van der Waals surface area contributed by atoms with E-state index < -0.39 is 6.09 Å². The second-order valence-electron chi connectivity index (χ2n) is 1.75. The summed E-state index contributed by atoms with van der Waals surface area (Å²) in [6.07, 6.45) is 0.321. The molecule has 1 heterocycles. The molecule has 1 amide bonds. The lowest BCUT2D eigenvalue weighted by atomic mass is 10.6. The van der Waals surface area contributed by atoms with Gasteiger partial charge in [0, 0.05) is 12.3 Å². The maximum Gasteiger partial charge on any atom is 0.411 e. The molecule has 0 radical (unpaired) electrons. The van der Waals surface area contributed by atoms with E-state index in [1.807, 2.05) is 0 Å². The summed E-state index contributed by atoms with van der Waals surface area (Å²) in [6.45, 7) is 0. The summed E-state index contributed by atoms with van der Waals surface area (Å²) in [5.41, 5.74) is 4.71. The van der Waals surface area contributed by atoms with Crippen LogP contribution in [-0.2, 0) is 0 Å². The van der Waals surface area contributed by atoms with E-state index >= 15 is 0 Å². The van der Waals surface area contributed by atoms with E-state index in [1.165, 1.54) is 12.3 Å². The molecule has 6 nitrogen and oxygen atoms in total. The molecule has 0 spiro atoms. The second-order valence-corrected chi connectivity index (χ2v) is 1.75. The minimum absolute atomic E-state index is 0.0333. The smallest absolute Gasteiger partial charge is 0.391 e. The molecule has 1 aromatic rings. The molecule has 12 heavy (non-hydrogen) atoms. The van der Waals surface area contributed by atoms with Crippen molar-refractivity contribution >= 4 is 6.09 Å². The van der Waals surface area contributed by atoms with Crippen molar-refractivity contribution in [3.8, 4) is 11.9 Å². The van der Waals surface area contributed by atoms with E-state index in [-0.39, 0.29) is 11.7 Å². The third-order valence-corrected chi connectivity index (χ3v) is 0.935. The Kier molecular flexibility index (Phi) is 2.18. The summed E-state index contributed by atoms with van der Waals surface area (Å²) in [5, 5.41) is 8.35. The van der Waals surface area contributed by atoms with Crippen LogP contribution in [0.4, 0.5) is 4.79 Å².